The van der Waals surface area contributed by atoms with Gasteiger partial charge in [-0.15, -0.1) is 0 Å². The lowest BCUT2D eigenvalue weighted by atomic mass is 10.1. The maximum absolute atomic E-state index is 12.6. The monoisotopic (exact) mass is 429 g/mol. The Balaban J connectivity index is 1.79. The van der Waals surface area contributed by atoms with Gasteiger partial charge in [0.1, 0.15) is 0 Å². The summed E-state index contributed by atoms with van der Waals surface area (Å²) in [4.78, 5) is 17.1. The number of aliphatic imine (C=N–C) groups is 1. The second-order valence-corrected chi connectivity index (χ2v) is 8.26. The van der Waals surface area contributed by atoms with Crippen molar-refractivity contribution in [3.63, 3.8) is 0 Å². The SMILES string of the molecule is CC(C)(C)N=C(NC(=O)c1ccc(Cl)cc1)Nc1cc(-c2ccc(Cl)cc2)[nH]n1. The topological polar surface area (TPSA) is 82.2 Å². The lowest BCUT2D eigenvalue weighted by Gasteiger charge is -2.17. The number of hydrogen-bond donors (Lipinski definition) is 3. The molecule has 6 nitrogen and oxygen atoms in total. The number of aromatic amines is 1. The second kappa shape index (κ2) is 8.68. The summed E-state index contributed by atoms with van der Waals surface area (Å²) in [6.45, 7) is 5.81. The molecule has 150 valence electrons. The quantitative estimate of drug-likeness (QED) is 0.386. The van der Waals surface area contributed by atoms with Gasteiger partial charge in [0, 0.05) is 21.7 Å². The van der Waals surface area contributed by atoms with Gasteiger partial charge in [0.05, 0.1) is 11.2 Å². The summed E-state index contributed by atoms with van der Waals surface area (Å²) in [5, 5.41) is 14.3. The molecule has 2 aromatic carbocycles. The Morgan fingerprint density at radius 1 is 1.00 bits per heavy atom. The molecule has 0 saturated carbocycles. The van der Waals surface area contributed by atoms with Crippen molar-refractivity contribution in [3.8, 4) is 11.3 Å². The molecule has 0 spiro atoms. The van der Waals surface area contributed by atoms with E-state index in [1.54, 1.807) is 24.3 Å². The molecule has 0 aliphatic heterocycles. The number of anilines is 1. The number of aromatic nitrogens is 2. The molecule has 0 atom stereocenters. The second-order valence-electron chi connectivity index (χ2n) is 7.39. The van der Waals surface area contributed by atoms with E-state index in [9.17, 15) is 4.79 Å². The average Bonchev–Trinajstić information content (AvgIpc) is 3.09. The van der Waals surface area contributed by atoms with Crippen molar-refractivity contribution in [2.45, 2.75) is 26.3 Å². The van der Waals surface area contributed by atoms with E-state index in [1.165, 1.54) is 0 Å². The van der Waals surface area contributed by atoms with Gasteiger partial charge < -0.3 is 5.32 Å². The Morgan fingerprint density at radius 2 is 1.59 bits per heavy atom. The predicted molar refractivity (Wildman–Crippen MR) is 119 cm³/mol. The molecule has 0 bridgehead atoms. The van der Waals surface area contributed by atoms with Gasteiger partial charge in [0.2, 0.25) is 5.96 Å². The van der Waals surface area contributed by atoms with Crippen LogP contribution in [0.4, 0.5) is 5.82 Å². The van der Waals surface area contributed by atoms with Crippen molar-refractivity contribution in [3.05, 3.63) is 70.2 Å². The minimum atomic E-state index is -0.412. The number of rotatable bonds is 3. The Hall–Kier alpha value is -2.83. The number of halogens is 2. The fraction of sp³-hybridized carbons (Fsp3) is 0.190. The molecule has 0 radical (unpaired) electrons. The van der Waals surface area contributed by atoms with Gasteiger partial charge in [0.25, 0.3) is 5.91 Å². The fourth-order valence-corrected chi connectivity index (χ4v) is 2.74. The molecule has 8 heteroatoms. The molecule has 29 heavy (non-hydrogen) atoms. The molecule has 0 unspecified atom stereocenters. The summed E-state index contributed by atoms with van der Waals surface area (Å²) in [6, 6.07) is 15.9. The fourth-order valence-electron chi connectivity index (χ4n) is 2.49. The zero-order valence-electron chi connectivity index (χ0n) is 16.3. The minimum absolute atomic E-state index is 0.298. The van der Waals surface area contributed by atoms with E-state index in [0.717, 1.165) is 11.3 Å². The molecular weight excluding hydrogens is 409 g/mol. The number of H-pyrrole nitrogens is 1. The van der Waals surface area contributed by atoms with Crippen LogP contribution < -0.4 is 10.6 Å². The first-order valence-corrected chi connectivity index (χ1v) is 9.70. The van der Waals surface area contributed by atoms with Crippen LogP contribution in [0.2, 0.25) is 10.0 Å². The highest BCUT2D eigenvalue weighted by atomic mass is 35.5. The molecular formula is C21H21Cl2N5O. The predicted octanol–water partition coefficient (Wildman–Crippen LogP) is 5.38. The van der Waals surface area contributed by atoms with Crippen LogP contribution in [-0.4, -0.2) is 27.6 Å². The molecule has 3 rings (SSSR count). The third-order valence-corrected chi connectivity index (χ3v) is 4.27. The van der Waals surface area contributed by atoms with Gasteiger partial charge in [-0.2, -0.15) is 5.10 Å². The van der Waals surface area contributed by atoms with Crippen LogP contribution >= 0.6 is 23.2 Å². The van der Waals surface area contributed by atoms with Gasteiger partial charge in [-0.25, -0.2) is 4.99 Å². The lowest BCUT2D eigenvalue weighted by Crippen LogP contribution is -2.38. The Kier molecular flexibility index (Phi) is 6.25. The Bertz CT molecular complexity index is 1020. The summed E-state index contributed by atoms with van der Waals surface area (Å²) in [6.07, 6.45) is 0. The van der Waals surface area contributed by atoms with Crippen LogP contribution in [-0.2, 0) is 0 Å². The standard InChI is InChI=1S/C21H21Cl2N5O/c1-21(2,3)26-20(25-19(29)14-6-10-16(23)11-7-14)24-18-12-17(27-28-18)13-4-8-15(22)9-5-13/h4-12H,1-3H3,(H3,24,25,26,27,28,29). The van der Waals surface area contributed by atoms with E-state index in [2.05, 4.69) is 25.8 Å². The Labute approximate surface area is 179 Å². The van der Waals surface area contributed by atoms with Crippen LogP contribution in [0, 0.1) is 0 Å². The number of benzene rings is 2. The van der Waals surface area contributed by atoms with E-state index in [4.69, 9.17) is 23.2 Å². The molecule has 0 fully saturated rings. The van der Waals surface area contributed by atoms with Crippen LogP contribution in [0.5, 0.6) is 0 Å². The zero-order chi connectivity index (χ0) is 21.0. The van der Waals surface area contributed by atoms with E-state index < -0.39 is 5.54 Å². The van der Waals surface area contributed by atoms with E-state index in [-0.39, 0.29) is 5.91 Å². The summed E-state index contributed by atoms with van der Waals surface area (Å²) in [5.41, 5.74) is 1.81. The smallest absolute Gasteiger partial charge is 0.257 e. The third-order valence-electron chi connectivity index (χ3n) is 3.77. The molecule has 1 heterocycles. The maximum Gasteiger partial charge on any atom is 0.257 e. The highest BCUT2D eigenvalue weighted by molar-refractivity contribution is 6.31. The first kappa shape index (κ1) is 20.9. The van der Waals surface area contributed by atoms with E-state index >= 15 is 0 Å². The highest BCUT2D eigenvalue weighted by Crippen LogP contribution is 2.22. The van der Waals surface area contributed by atoms with Crippen molar-refractivity contribution >= 4 is 40.9 Å². The Morgan fingerprint density at radius 3 is 2.17 bits per heavy atom. The molecule has 1 aromatic heterocycles. The largest absolute Gasteiger partial charge is 0.309 e. The van der Waals surface area contributed by atoms with Crippen LogP contribution in [0.15, 0.2) is 59.6 Å². The van der Waals surface area contributed by atoms with Gasteiger partial charge in [-0.1, -0.05) is 35.3 Å². The van der Waals surface area contributed by atoms with Gasteiger partial charge in [-0.05, 0) is 62.7 Å². The number of carbonyl (C=O) groups excluding carboxylic acids is 1. The zero-order valence-corrected chi connectivity index (χ0v) is 17.8. The third kappa shape index (κ3) is 6.07. The van der Waals surface area contributed by atoms with Gasteiger partial charge in [-0.3, -0.25) is 15.2 Å². The van der Waals surface area contributed by atoms with Gasteiger partial charge in [0.15, 0.2) is 5.82 Å². The average molecular weight is 430 g/mol. The highest BCUT2D eigenvalue weighted by Gasteiger charge is 2.15. The summed E-state index contributed by atoms with van der Waals surface area (Å²) < 4.78 is 0. The van der Waals surface area contributed by atoms with Crippen molar-refractivity contribution in [2.75, 3.05) is 5.32 Å². The normalized spacial score (nSPS) is 12.0. The summed E-state index contributed by atoms with van der Waals surface area (Å²) >= 11 is 11.8. The number of guanidine groups is 1. The van der Waals surface area contributed by atoms with Crippen molar-refractivity contribution < 1.29 is 4.79 Å². The van der Waals surface area contributed by atoms with Crippen LogP contribution in [0.3, 0.4) is 0 Å². The number of nitrogens with zero attached hydrogens (tertiary/aromatic N) is 2. The minimum Gasteiger partial charge on any atom is -0.309 e. The van der Waals surface area contributed by atoms with Crippen LogP contribution in [0.1, 0.15) is 31.1 Å². The van der Waals surface area contributed by atoms with E-state index in [0.29, 0.717) is 27.4 Å². The van der Waals surface area contributed by atoms with Gasteiger partial charge >= 0.3 is 0 Å². The molecule has 1 amide bonds. The van der Waals surface area contributed by atoms with Crippen molar-refractivity contribution in [1.29, 1.82) is 0 Å². The summed E-state index contributed by atoms with van der Waals surface area (Å²) in [5.74, 6) is 0.520. The number of amides is 1. The first-order chi connectivity index (χ1) is 13.7. The summed E-state index contributed by atoms with van der Waals surface area (Å²) in [7, 11) is 0. The molecule has 0 aliphatic carbocycles. The van der Waals surface area contributed by atoms with Crippen LogP contribution in [0.25, 0.3) is 11.3 Å². The molecule has 3 N–H and O–H groups in total. The number of hydrogen-bond acceptors (Lipinski definition) is 3. The number of carbonyl (C=O) groups is 1. The van der Waals surface area contributed by atoms with Crippen molar-refractivity contribution in [1.82, 2.24) is 15.5 Å². The molecule has 3 aromatic rings. The van der Waals surface area contributed by atoms with E-state index in [1.807, 2.05) is 51.1 Å². The number of nitrogens with one attached hydrogen (secondary N) is 3. The molecule has 0 saturated heterocycles. The molecule has 0 aliphatic rings. The van der Waals surface area contributed by atoms with Crippen molar-refractivity contribution in [2.24, 2.45) is 4.99 Å². The maximum atomic E-state index is 12.6. The lowest BCUT2D eigenvalue weighted by molar-refractivity contribution is 0.0977. The first-order valence-electron chi connectivity index (χ1n) is 8.95.